The van der Waals surface area contributed by atoms with Crippen molar-refractivity contribution in [1.82, 2.24) is 10.3 Å². The van der Waals surface area contributed by atoms with Crippen LogP contribution in [0.3, 0.4) is 0 Å². The summed E-state index contributed by atoms with van der Waals surface area (Å²) in [6.07, 6.45) is 0. The Labute approximate surface area is 105 Å². The van der Waals surface area contributed by atoms with Crippen LogP contribution in [0.2, 0.25) is 0 Å². The molecule has 0 spiro atoms. The Morgan fingerprint density at radius 3 is 2.72 bits per heavy atom. The number of aryl methyl sites for hydroxylation is 1. The van der Waals surface area contributed by atoms with Crippen molar-refractivity contribution in [1.29, 1.82) is 0 Å². The van der Waals surface area contributed by atoms with Gasteiger partial charge >= 0.3 is 0 Å². The number of aromatic nitrogens is 3. The first kappa shape index (κ1) is 12.5. The molecule has 0 bridgehead atoms. The second-order valence-corrected chi connectivity index (χ2v) is 4.72. The van der Waals surface area contributed by atoms with Crippen molar-refractivity contribution >= 4 is 5.69 Å². The van der Waals surface area contributed by atoms with Crippen molar-refractivity contribution < 1.29 is 9.20 Å². The van der Waals surface area contributed by atoms with E-state index in [9.17, 15) is 4.91 Å². The monoisotopic (exact) mass is 249 g/mol. The third kappa shape index (κ3) is 2.18. The van der Waals surface area contributed by atoms with Gasteiger partial charge in [0.1, 0.15) is 5.69 Å². The number of nitrogens with one attached hydrogen (secondary N) is 1. The van der Waals surface area contributed by atoms with Gasteiger partial charge in [0.05, 0.1) is 5.69 Å². The molecular weight excluding hydrogens is 232 g/mol. The molecule has 1 N–H and O–H groups in total. The molecule has 0 radical (unpaired) electrons. The maximum atomic E-state index is 10.7. The molecule has 0 aliphatic carbocycles. The number of hydrogen-bond acceptors (Lipinski definition) is 4. The van der Waals surface area contributed by atoms with Crippen LogP contribution in [0.15, 0.2) is 15.8 Å². The standard InChI is InChI=1S/C12H16N4O2/c1-7(2)11-5-10(18-15-11)6-16-9(4)12(14-17)8(3)13-16/h5,7H,6H2,1-4H3/p+1. The molecule has 0 saturated heterocycles. The molecule has 0 saturated carbocycles. The summed E-state index contributed by atoms with van der Waals surface area (Å²) in [7, 11) is 0. The Morgan fingerprint density at radius 2 is 2.22 bits per heavy atom. The zero-order valence-electron chi connectivity index (χ0n) is 11.0. The molecule has 0 aliphatic rings. The van der Waals surface area contributed by atoms with Crippen molar-refractivity contribution in [2.24, 2.45) is 5.18 Å². The van der Waals surface area contributed by atoms with E-state index in [1.165, 1.54) is 0 Å². The topological polar surface area (TPSA) is 75.1 Å². The highest BCUT2D eigenvalue weighted by Crippen LogP contribution is 2.19. The summed E-state index contributed by atoms with van der Waals surface area (Å²) in [6.45, 7) is 8.31. The smallest absolute Gasteiger partial charge is 0.234 e. The summed E-state index contributed by atoms with van der Waals surface area (Å²) in [5.74, 6) is 1.09. The molecule has 0 aliphatic heterocycles. The first-order valence-corrected chi connectivity index (χ1v) is 5.90. The summed E-state index contributed by atoms with van der Waals surface area (Å²) in [5, 5.41) is 10.1. The van der Waals surface area contributed by atoms with Gasteiger partial charge in [-0.2, -0.15) is 5.10 Å². The first-order chi connectivity index (χ1) is 8.52. The third-order valence-corrected chi connectivity index (χ3v) is 2.98. The first-order valence-electron chi connectivity index (χ1n) is 5.90. The second kappa shape index (κ2) is 4.72. The van der Waals surface area contributed by atoms with Gasteiger partial charge in [0.2, 0.25) is 23.7 Å². The molecule has 0 unspecified atom stereocenters. The van der Waals surface area contributed by atoms with Crippen LogP contribution in [0, 0.1) is 18.8 Å². The molecule has 96 valence electrons. The van der Waals surface area contributed by atoms with Gasteiger partial charge in [-0.25, -0.2) is 0 Å². The average Bonchev–Trinajstić information content (AvgIpc) is 2.86. The highest BCUT2D eigenvalue weighted by molar-refractivity contribution is 5.42. The Kier molecular flexibility index (Phi) is 3.27. The van der Waals surface area contributed by atoms with Gasteiger partial charge in [-0.05, 0) is 18.0 Å². The lowest BCUT2D eigenvalue weighted by atomic mass is 10.1. The summed E-state index contributed by atoms with van der Waals surface area (Å²) in [6, 6.07) is 1.93. The SMILES string of the molecule is Cc1[nH][n+](Cc2cc(C(C)C)no2)c(C)c1N=O. The maximum absolute atomic E-state index is 10.7. The summed E-state index contributed by atoms with van der Waals surface area (Å²) >= 11 is 0. The van der Waals surface area contributed by atoms with Gasteiger partial charge in [-0.15, -0.1) is 9.59 Å². The van der Waals surface area contributed by atoms with Gasteiger partial charge in [0.15, 0.2) is 0 Å². The maximum Gasteiger partial charge on any atom is 0.234 e. The van der Waals surface area contributed by atoms with E-state index < -0.39 is 0 Å². The largest absolute Gasteiger partial charge is 0.354 e. The molecule has 2 aromatic rings. The van der Waals surface area contributed by atoms with Crippen LogP contribution in [0.25, 0.3) is 0 Å². The van der Waals surface area contributed by atoms with Crippen molar-refractivity contribution in [3.8, 4) is 0 Å². The number of H-pyrrole nitrogens is 1. The van der Waals surface area contributed by atoms with Crippen LogP contribution in [0.5, 0.6) is 0 Å². The predicted molar refractivity (Wildman–Crippen MR) is 65.6 cm³/mol. The minimum absolute atomic E-state index is 0.339. The Balaban J connectivity index is 2.25. The average molecular weight is 249 g/mol. The van der Waals surface area contributed by atoms with Crippen LogP contribution >= 0.6 is 0 Å². The number of nitroso groups, excluding NO2 is 1. The summed E-state index contributed by atoms with van der Waals surface area (Å²) in [4.78, 5) is 10.7. The zero-order valence-corrected chi connectivity index (χ0v) is 11.0. The zero-order chi connectivity index (χ0) is 13.3. The fraction of sp³-hybridized carbons (Fsp3) is 0.500. The number of nitrogens with zero attached hydrogens (tertiary/aromatic N) is 3. The van der Waals surface area contributed by atoms with Gasteiger partial charge in [0.25, 0.3) is 0 Å². The summed E-state index contributed by atoms with van der Waals surface area (Å²) in [5.41, 5.74) is 2.94. The van der Waals surface area contributed by atoms with E-state index in [2.05, 4.69) is 29.3 Å². The Hall–Kier alpha value is -1.98. The minimum Gasteiger partial charge on any atom is -0.354 e. The third-order valence-electron chi connectivity index (χ3n) is 2.98. The van der Waals surface area contributed by atoms with Gasteiger partial charge < -0.3 is 4.52 Å². The van der Waals surface area contributed by atoms with Crippen molar-refractivity contribution in [3.05, 3.63) is 33.8 Å². The lowest BCUT2D eigenvalue weighted by Gasteiger charge is -1.93. The Morgan fingerprint density at radius 1 is 1.50 bits per heavy atom. The van der Waals surface area contributed by atoms with Crippen LogP contribution < -0.4 is 4.68 Å². The predicted octanol–water partition coefficient (Wildman–Crippen LogP) is 2.48. The Bertz CT molecular complexity index is 569. The minimum atomic E-state index is 0.339. The lowest BCUT2D eigenvalue weighted by molar-refractivity contribution is -0.749. The van der Waals surface area contributed by atoms with Crippen LogP contribution in [-0.4, -0.2) is 10.3 Å². The van der Waals surface area contributed by atoms with E-state index in [4.69, 9.17) is 4.52 Å². The van der Waals surface area contributed by atoms with Crippen LogP contribution in [-0.2, 0) is 6.54 Å². The normalized spacial score (nSPS) is 11.2. The van der Waals surface area contributed by atoms with E-state index in [0.717, 1.165) is 22.8 Å². The van der Waals surface area contributed by atoms with Crippen LogP contribution in [0.1, 0.15) is 42.6 Å². The van der Waals surface area contributed by atoms with Crippen molar-refractivity contribution in [3.63, 3.8) is 0 Å². The fourth-order valence-electron chi connectivity index (χ4n) is 1.86. The van der Waals surface area contributed by atoms with Crippen molar-refractivity contribution in [2.45, 2.75) is 40.2 Å². The molecule has 0 fully saturated rings. The van der Waals surface area contributed by atoms with Gasteiger partial charge in [-0.3, -0.25) is 0 Å². The molecule has 6 nitrogen and oxygen atoms in total. The highest BCUT2D eigenvalue weighted by atomic mass is 16.5. The van der Waals surface area contributed by atoms with E-state index >= 15 is 0 Å². The lowest BCUT2D eigenvalue weighted by Crippen LogP contribution is -2.38. The summed E-state index contributed by atoms with van der Waals surface area (Å²) < 4.78 is 7.10. The van der Waals surface area contributed by atoms with E-state index in [1.54, 1.807) is 0 Å². The van der Waals surface area contributed by atoms with E-state index in [0.29, 0.717) is 18.2 Å². The molecule has 0 aromatic carbocycles. The number of rotatable bonds is 4. The molecular formula is C12H17N4O2+. The second-order valence-electron chi connectivity index (χ2n) is 4.72. The quantitative estimate of drug-likeness (QED) is 0.668. The number of aromatic amines is 1. The number of hydrogen-bond donors (Lipinski definition) is 1. The molecule has 2 heterocycles. The van der Waals surface area contributed by atoms with Gasteiger partial charge in [0, 0.05) is 13.0 Å². The highest BCUT2D eigenvalue weighted by Gasteiger charge is 2.22. The van der Waals surface area contributed by atoms with Crippen molar-refractivity contribution in [2.75, 3.05) is 0 Å². The molecule has 6 heteroatoms. The molecule has 2 aromatic heterocycles. The molecule has 2 rings (SSSR count). The molecule has 18 heavy (non-hydrogen) atoms. The fourth-order valence-corrected chi connectivity index (χ4v) is 1.86. The van der Waals surface area contributed by atoms with Gasteiger partial charge in [-0.1, -0.05) is 19.0 Å². The van der Waals surface area contributed by atoms with E-state index in [1.807, 2.05) is 24.6 Å². The van der Waals surface area contributed by atoms with E-state index in [-0.39, 0.29) is 0 Å². The van der Waals surface area contributed by atoms with Crippen LogP contribution in [0.4, 0.5) is 5.69 Å². The molecule has 0 amide bonds. The molecule has 0 atom stereocenters.